The van der Waals surface area contributed by atoms with Gasteiger partial charge < -0.3 is 10.2 Å². The van der Waals surface area contributed by atoms with Gasteiger partial charge >= 0.3 is 0 Å². The van der Waals surface area contributed by atoms with E-state index in [-0.39, 0.29) is 17.4 Å². The van der Waals surface area contributed by atoms with Crippen molar-refractivity contribution in [3.63, 3.8) is 0 Å². The maximum atomic E-state index is 11.8. The number of benzene rings is 1. The first-order valence-corrected chi connectivity index (χ1v) is 9.40. The second kappa shape index (κ2) is 12.3. The van der Waals surface area contributed by atoms with Crippen LogP contribution in [0.2, 0.25) is 0 Å². The van der Waals surface area contributed by atoms with Crippen LogP contribution in [0.15, 0.2) is 23.3 Å². The average molecular weight is 348 g/mol. The third-order valence-corrected chi connectivity index (χ3v) is 4.23. The monoisotopic (exact) mass is 348 g/mol. The van der Waals surface area contributed by atoms with Crippen molar-refractivity contribution in [2.75, 3.05) is 0 Å². The fourth-order valence-electron chi connectivity index (χ4n) is 2.68. The second-order valence-corrected chi connectivity index (χ2v) is 6.51. The zero-order valence-electron chi connectivity index (χ0n) is 15.6. The van der Waals surface area contributed by atoms with Crippen LogP contribution in [0.1, 0.15) is 83.6 Å². The third-order valence-electron chi connectivity index (χ3n) is 4.23. The zero-order chi connectivity index (χ0) is 18.5. The number of phenolic OH excluding ortho intramolecular Hbond substituents is 2. The minimum Gasteiger partial charge on any atom is -0.508 e. The molecule has 0 heterocycles. The molecule has 0 aliphatic carbocycles. The molecule has 0 radical (unpaired) electrons. The number of amides is 1. The summed E-state index contributed by atoms with van der Waals surface area (Å²) in [6.07, 6.45) is 11.4. The van der Waals surface area contributed by atoms with Crippen LogP contribution in [-0.4, -0.2) is 21.8 Å². The molecule has 0 spiro atoms. The van der Waals surface area contributed by atoms with Crippen molar-refractivity contribution in [1.82, 2.24) is 5.43 Å². The molecule has 25 heavy (non-hydrogen) atoms. The summed E-state index contributed by atoms with van der Waals surface area (Å²) in [6, 6.07) is 4.28. The summed E-state index contributed by atoms with van der Waals surface area (Å²) in [6.45, 7) is 3.93. The number of phenols is 2. The summed E-state index contributed by atoms with van der Waals surface area (Å²) in [5, 5.41) is 23.1. The van der Waals surface area contributed by atoms with E-state index in [9.17, 15) is 15.0 Å². The highest BCUT2D eigenvalue weighted by Gasteiger charge is 2.06. The molecule has 3 N–H and O–H groups in total. The zero-order valence-corrected chi connectivity index (χ0v) is 15.6. The van der Waals surface area contributed by atoms with Crippen LogP contribution < -0.4 is 5.43 Å². The lowest BCUT2D eigenvalue weighted by molar-refractivity contribution is -0.121. The Morgan fingerprint density at radius 1 is 1.00 bits per heavy atom. The molecule has 1 aromatic carbocycles. The number of rotatable bonds is 12. The molecule has 0 atom stereocenters. The predicted molar refractivity (Wildman–Crippen MR) is 102 cm³/mol. The summed E-state index contributed by atoms with van der Waals surface area (Å²) in [7, 11) is 0. The molecule has 0 saturated carbocycles. The molecule has 0 fully saturated rings. The molecule has 0 bridgehead atoms. The number of aromatic hydroxyl groups is 2. The normalized spacial score (nSPS) is 11.5. The summed E-state index contributed by atoms with van der Waals surface area (Å²) >= 11 is 0. The van der Waals surface area contributed by atoms with Gasteiger partial charge in [-0.25, -0.2) is 5.43 Å². The van der Waals surface area contributed by atoms with Crippen molar-refractivity contribution >= 4 is 11.6 Å². The largest absolute Gasteiger partial charge is 0.508 e. The van der Waals surface area contributed by atoms with E-state index in [1.54, 1.807) is 13.0 Å². The summed E-state index contributed by atoms with van der Waals surface area (Å²) in [4.78, 5) is 11.8. The van der Waals surface area contributed by atoms with E-state index < -0.39 is 0 Å². The van der Waals surface area contributed by atoms with Gasteiger partial charge in [-0.05, 0) is 25.5 Å². The Hall–Kier alpha value is -2.04. The predicted octanol–water partition coefficient (Wildman–Crippen LogP) is 4.86. The topological polar surface area (TPSA) is 81.9 Å². The van der Waals surface area contributed by atoms with Gasteiger partial charge in [0.15, 0.2) is 0 Å². The van der Waals surface area contributed by atoms with Crippen molar-refractivity contribution in [2.45, 2.75) is 78.1 Å². The quantitative estimate of drug-likeness (QED) is 0.287. The number of nitrogens with one attached hydrogen (secondary N) is 1. The SMILES string of the molecule is CCCCCCCCCCCC(=O)NN=C(C)c1ccc(O)cc1O. The fourth-order valence-corrected chi connectivity index (χ4v) is 2.68. The first kappa shape index (κ1) is 21.0. The van der Waals surface area contributed by atoms with Crippen molar-refractivity contribution < 1.29 is 15.0 Å². The molecule has 0 aliphatic rings. The molecule has 1 aromatic rings. The van der Waals surface area contributed by atoms with Gasteiger partial charge in [0.25, 0.3) is 0 Å². The van der Waals surface area contributed by atoms with Crippen molar-refractivity contribution in [1.29, 1.82) is 0 Å². The van der Waals surface area contributed by atoms with Crippen LogP contribution in [0.25, 0.3) is 0 Å². The number of hydrogen-bond acceptors (Lipinski definition) is 4. The maximum absolute atomic E-state index is 11.8. The molecule has 1 rings (SSSR count). The number of hydrogen-bond donors (Lipinski definition) is 3. The lowest BCUT2D eigenvalue weighted by Gasteiger charge is -2.06. The van der Waals surface area contributed by atoms with Gasteiger partial charge in [0.1, 0.15) is 11.5 Å². The third kappa shape index (κ3) is 9.13. The molecule has 0 unspecified atom stereocenters. The Morgan fingerprint density at radius 2 is 1.60 bits per heavy atom. The lowest BCUT2D eigenvalue weighted by atomic mass is 10.1. The van der Waals surface area contributed by atoms with E-state index >= 15 is 0 Å². The van der Waals surface area contributed by atoms with Gasteiger partial charge in [0, 0.05) is 18.1 Å². The Labute approximate surface area is 151 Å². The van der Waals surface area contributed by atoms with E-state index in [1.165, 1.54) is 57.1 Å². The number of unbranched alkanes of at least 4 members (excludes halogenated alkanes) is 8. The van der Waals surface area contributed by atoms with Crippen LogP contribution in [-0.2, 0) is 4.79 Å². The Balaban J connectivity index is 2.17. The Morgan fingerprint density at radius 3 is 2.20 bits per heavy atom. The highest BCUT2D eigenvalue weighted by Crippen LogP contribution is 2.22. The molecule has 5 heteroatoms. The Kier molecular flexibility index (Phi) is 10.4. The number of hydrazone groups is 1. The first-order chi connectivity index (χ1) is 12.0. The maximum Gasteiger partial charge on any atom is 0.240 e. The molecule has 0 saturated heterocycles. The van der Waals surface area contributed by atoms with Crippen LogP contribution in [0.3, 0.4) is 0 Å². The van der Waals surface area contributed by atoms with Gasteiger partial charge in [0.2, 0.25) is 5.91 Å². The van der Waals surface area contributed by atoms with Crippen molar-refractivity contribution in [3.05, 3.63) is 23.8 Å². The minimum atomic E-state index is -0.111. The number of carbonyl (C=O) groups excluding carboxylic acids is 1. The Bertz CT molecular complexity index is 556. The average Bonchev–Trinajstić information content (AvgIpc) is 2.58. The highest BCUT2D eigenvalue weighted by atomic mass is 16.3. The van der Waals surface area contributed by atoms with Gasteiger partial charge in [-0.1, -0.05) is 58.3 Å². The van der Waals surface area contributed by atoms with E-state index in [4.69, 9.17) is 0 Å². The summed E-state index contributed by atoms with van der Waals surface area (Å²) in [5.41, 5.74) is 3.51. The highest BCUT2D eigenvalue weighted by molar-refractivity contribution is 6.01. The van der Waals surface area contributed by atoms with Crippen molar-refractivity contribution in [2.24, 2.45) is 5.10 Å². The molecular weight excluding hydrogens is 316 g/mol. The van der Waals surface area contributed by atoms with Crippen molar-refractivity contribution in [3.8, 4) is 11.5 Å². The molecular formula is C20H32N2O3. The summed E-state index contributed by atoms with van der Waals surface area (Å²) in [5.74, 6) is -0.182. The van der Waals surface area contributed by atoms with Crippen LogP contribution >= 0.6 is 0 Å². The minimum absolute atomic E-state index is 0.0107. The number of nitrogens with zero attached hydrogens (tertiary/aromatic N) is 1. The smallest absolute Gasteiger partial charge is 0.240 e. The van der Waals surface area contributed by atoms with E-state index in [2.05, 4.69) is 17.5 Å². The van der Waals surface area contributed by atoms with Crippen LogP contribution in [0.5, 0.6) is 11.5 Å². The van der Waals surface area contributed by atoms with Gasteiger partial charge in [0.05, 0.1) is 5.71 Å². The van der Waals surface area contributed by atoms with E-state index in [0.29, 0.717) is 17.7 Å². The van der Waals surface area contributed by atoms with Gasteiger partial charge in [-0.2, -0.15) is 5.10 Å². The molecule has 140 valence electrons. The van der Waals surface area contributed by atoms with E-state index in [1.807, 2.05) is 0 Å². The first-order valence-electron chi connectivity index (χ1n) is 9.40. The van der Waals surface area contributed by atoms with Crippen LogP contribution in [0, 0.1) is 0 Å². The molecule has 1 amide bonds. The van der Waals surface area contributed by atoms with Gasteiger partial charge in [-0.3, -0.25) is 4.79 Å². The summed E-state index contributed by atoms with van der Waals surface area (Å²) < 4.78 is 0. The standard InChI is InChI=1S/C20H32N2O3/c1-3-4-5-6-7-8-9-10-11-12-20(25)22-21-16(2)18-14-13-17(23)15-19(18)24/h13-15,23-24H,3-12H2,1-2H3,(H,22,25). The molecule has 0 aromatic heterocycles. The molecule has 5 nitrogen and oxygen atoms in total. The van der Waals surface area contributed by atoms with Gasteiger partial charge in [-0.15, -0.1) is 0 Å². The second-order valence-electron chi connectivity index (χ2n) is 6.51. The lowest BCUT2D eigenvalue weighted by Crippen LogP contribution is -2.18. The molecule has 0 aliphatic heterocycles. The van der Waals surface area contributed by atoms with E-state index in [0.717, 1.165) is 12.8 Å². The fraction of sp³-hybridized carbons (Fsp3) is 0.600. The number of carbonyl (C=O) groups is 1. The van der Waals surface area contributed by atoms with Crippen LogP contribution in [0.4, 0.5) is 0 Å².